The van der Waals surface area contributed by atoms with Crippen LogP contribution in [0.3, 0.4) is 0 Å². The molecule has 0 aliphatic rings. The molecule has 2 aromatic rings. The molecule has 0 spiro atoms. The molecule has 114 valence electrons. The number of carbonyl (C=O) groups is 1. The number of urea groups is 1. The molecule has 0 saturated heterocycles. The van der Waals surface area contributed by atoms with Crippen molar-refractivity contribution in [2.75, 3.05) is 12.4 Å². The molecule has 2 rings (SSSR count). The van der Waals surface area contributed by atoms with Gasteiger partial charge in [-0.1, -0.05) is 24.3 Å². The minimum atomic E-state index is -0.434. The molecule has 22 heavy (non-hydrogen) atoms. The number of amides is 2. The van der Waals surface area contributed by atoms with Gasteiger partial charge in [0, 0.05) is 11.8 Å². The van der Waals surface area contributed by atoms with E-state index >= 15 is 0 Å². The van der Waals surface area contributed by atoms with E-state index in [4.69, 9.17) is 4.74 Å². The van der Waals surface area contributed by atoms with Gasteiger partial charge in [-0.25, -0.2) is 9.18 Å². The van der Waals surface area contributed by atoms with Gasteiger partial charge in [-0.05, 0) is 36.8 Å². The van der Waals surface area contributed by atoms with E-state index in [9.17, 15) is 9.18 Å². The Labute approximate surface area is 128 Å². The Morgan fingerprint density at radius 2 is 2.00 bits per heavy atom. The first-order chi connectivity index (χ1) is 10.6. The number of hydrogen-bond donors (Lipinski definition) is 2. The van der Waals surface area contributed by atoms with Crippen LogP contribution in [0.2, 0.25) is 0 Å². The second-order valence-corrected chi connectivity index (χ2v) is 4.66. The fraction of sp³-hybridized carbons (Fsp3) is 0.118. The third-order valence-electron chi connectivity index (χ3n) is 2.99. The lowest BCUT2D eigenvalue weighted by molar-refractivity contribution is 0.255. The molecule has 0 bridgehead atoms. The standard InChI is InChI=1S/C17H17FN2O2/c1-12-7-8-16(22-2)15(11-12)20-17(21)19-10-9-13-5-3-4-6-14(13)18/h3-11H,1-2H3,(H2,19,20,21)/b10-9+. The van der Waals surface area contributed by atoms with Crippen LogP contribution in [0.1, 0.15) is 11.1 Å². The van der Waals surface area contributed by atoms with Crippen LogP contribution >= 0.6 is 0 Å². The zero-order valence-corrected chi connectivity index (χ0v) is 12.4. The van der Waals surface area contributed by atoms with Crippen LogP contribution in [0.15, 0.2) is 48.7 Å². The summed E-state index contributed by atoms with van der Waals surface area (Å²) in [6, 6.07) is 11.3. The van der Waals surface area contributed by atoms with Crippen LogP contribution in [-0.4, -0.2) is 13.1 Å². The SMILES string of the molecule is COc1ccc(C)cc1NC(=O)N/C=C/c1ccccc1F. The van der Waals surface area contributed by atoms with E-state index in [1.165, 1.54) is 25.5 Å². The van der Waals surface area contributed by atoms with Gasteiger partial charge in [0.05, 0.1) is 12.8 Å². The van der Waals surface area contributed by atoms with E-state index in [1.807, 2.05) is 13.0 Å². The highest BCUT2D eigenvalue weighted by Crippen LogP contribution is 2.24. The third kappa shape index (κ3) is 4.09. The number of halogens is 1. The van der Waals surface area contributed by atoms with Gasteiger partial charge in [-0.2, -0.15) is 0 Å². The fourth-order valence-corrected chi connectivity index (χ4v) is 1.90. The highest BCUT2D eigenvalue weighted by Gasteiger charge is 2.06. The van der Waals surface area contributed by atoms with Gasteiger partial charge in [-0.15, -0.1) is 0 Å². The second kappa shape index (κ2) is 7.26. The number of rotatable bonds is 4. The van der Waals surface area contributed by atoms with Gasteiger partial charge in [0.2, 0.25) is 0 Å². The monoisotopic (exact) mass is 300 g/mol. The van der Waals surface area contributed by atoms with Crippen molar-refractivity contribution in [2.45, 2.75) is 6.92 Å². The largest absolute Gasteiger partial charge is 0.495 e. The predicted molar refractivity (Wildman–Crippen MR) is 85.3 cm³/mol. The van der Waals surface area contributed by atoms with Gasteiger partial charge in [-0.3, -0.25) is 0 Å². The number of aryl methyl sites for hydroxylation is 1. The molecule has 2 amide bonds. The first kappa shape index (κ1) is 15.6. The Kier molecular flexibility index (Phi) is 5.14. The van der Waals surface area contributed by atoms with Crippen LogP contribution in [0.25, 0.3) is 6.08 Å². The molecule has 0 atom stereocenters. The van der Waals surface area contributed by atoms with Gasteiger partial charge in [0.1, 0.15) is 11.6 Å². The molecular weight excluding hydrogens is 283 g/mol. The Morgan fingerprint density at radius 1 is 1.23 bits per heavy atom. The van der Waals surface area contributed by atoms with E-state index in [1.54, 1.807) is 30.3 Å². The summed E-state index contributed by atoms with van der Waals surface area (Å²) in [5, 5.41) is 5.21. The lowest BCUT2D eigenvalue weighted by Crippen LogP contribution is -2.24. The quantitative estimate of drug-likeness (QED) is 0.898. The molecule has 0 fully saturated rings. The predicted octanol–water partition coefficient (Wildman–Crippen LogP) is 3.94. The Bertz CT molecular complexity index is 699. The first-order valence-electron chi connectivity index (χ1n) is 6.73. The molecule has 0 unspecified atom stereocenters. The molecular formula is C17H17FN2O2. The lowest BCUT2D eigenvalue weighted by atomic mass is 10.2. The van der Waals surface area contributed by atoms with Gasteiger partial charge < -0.3 is 15.4 Å². The number of carbonyl (C=O) groups excluding carboxylic acids is 1. The molecule has 2 N–H and O–H groups in total. The summed E-state index contributed by atoms with van der Waals surface area (Å²) in [5.74, 6) is 0.222. The maximum absolute atomic E-state index is 13.4. The Morgan fingerprint density at radius 3 is 2.73 bits per heavy atom. The van der Waals surface area contributed by atoms with Crippen molar-refractivity contribution in [3.63, 3.8) is 0 Å². The number of anilines is 1. The van der Waals surface area contributed by atoms with Crippen molar-refractivity contribution < 1.29 is 13.9 Å². The highest BCUT2D eigenvalue weighted by molar-refractivity contribution is 5.92. The number of nitrogens with one attached hydrogen (secondary N) is 2. The summed E-state index contributed by atoms with van der Waals surface area (Å²) < 4.78 is 18.6. The zero-order chi connectivity index (χ0) is 15.9. The molecule has 4 nitrogen and oxygen atoms in total. The van der Waals surface area contributed by atoms with E-state index in [-0.39, 0.29) is 5.82 Å². The van der Waals surface area contributed by atoms with E-state index in [2.05, 4.69) is 10.6 Å². The molecule has 0 aliphatic heterocycles. The minimum absolute atomic E-state index is 0.346. The molecule has 0 radical (unpaired) electrons. The average Bonchev–Trinajstić information content (AvgIpc) is 2.49. The minimum Gasteiger partial charge on any atom is -0.495 e. The third-order valence-corrected chi connectivity index (χ3v) is 2.99. The summed E-state index contributed by atoms with van der Waals surface area (Å²) in [7, 11) is 1.53. The number of hydrogen-bond acceptors (Lipinski definition) is 2. The van der Waals surface area contributed by atoms with Crippen molar-refractivity contribution in [3.8, 4) is 5.75 Å². The van der Waals surface area contributed by atoms with Crippen molar-refractivity contribution in [3.05, 3.63) is 65.6 Å². The maximum atomic E-state index is 13.4. The van der Waals surface area contributed by atoms with E-state index in [0.717, 1.165) is 5.56 Å². The summed E-state index contributed by atoms with van der Waals surface area (Å²) in [5.41, 5.74) is 1.97. The lowest BCUT2D eigenvalue weighted by Gasteiger charge is -2.10. The van der Waals surface area contributed by atoms with Gasteiger partial charge in [0.15, 0.2) is 0 Å². The summed E-state index contributed by atoms with van der Waals surface area (Å²) in [4.78, 5) is 11.8. The van der Waals surface area contributed by atoms with Crippen molar-refractivity contribution in [1.82, 2.24) is 5.32 Å². The molecule has 0 saturated carbocycles. The van der Waals surface area contributed by atoms with Crippen LogP contribution in [0, 0.1) is 12.7 Å². The molecule has 0 aromatic heterocycles. The Balaban J connectivity index is 1.99. The molecule has 5 heteroatoms. The summed E-state index contributed by atoms with van der Waals surface area (Å²) in [6.07, 6.45) is 2.87. The van der Waals surface area contributed by atoms with Crippen LogP contribution in [0.4, 0.5) is 14.9 Å². The fourth-order valence-electron chi connectivity index (χ4n) is 1.90. The second-order valence-electron chi connectivity index (χ2n) is 4.66. The van der Waals surface area contributed by atoms with Crippen molar-refractivity contribution in [1.29, 1.82) is 0 Å². The smallest absolute Gasteiger partial charge is 0.323 e. The highest BCUT2D eigenvalue weighted by atomic mass is 19.1. The molecule has 2 aromatic carbocycles. The topological polar surface area (TPSA) is 50.4 Å². The number of methoxy groups -OCH3 is 1. The summed E-state index contributed by atoms with van der Waals surface area (Å²) in [6.45, 7) is 1.92. The first-order valence-corrected chi connectivity index (χ1v) is 6.73. The molecule has 0 aliphatic carbocycles. The van der Waals surface area contributed by atoms with E-state index in [0.29, 0.717) is 17.0 Å². The van der Waals surface area contributed by atoms with Gasteiger partial charge in [0.25, 0.3) is 0 Å². The van der Waals surface area contributed by atoms with Crippen LogP contribution < -0.4 is 15.4 Å². The summed E-state index contributed by atoms with van der Waals surface area (Å²) >= 11 is 0. The number of benzene rings is 2. The van der Waals surface area contributed by atoms with Crippen LogP contribution in [0.5, 0.6) is 5.75 Å². The normalized spacial score (nSPS) is 10.5. The van der Waals surface area contributed by atoms with Crippen molar-refractivity contribution >= 4 is 17.8 Å². The average molecular weight is 300 g/mol. The molecule has 0 heterocycles. The van der Waals surface area contributed by atoms with Crippen LogP contribution in [-0.2, 0) is 0 Å². The maximum Gasteiger partial charge on any atom is 0.323 e. The zero-order valence-electron chi connectivity index (χ0n) is 12.4. The Hall–Kier alpha value is -2.82. The van der Waals surface area contributed by atoms with E-state index < -0.39 is 6.03 Å². The van der Waals surface area contributed by atoms with Gasteiger partial charge >= 0.3 is 6.03 Å². The number of ether oxygens (including phenoxy) is 1. The van der Waals surface area contributed by atoms with Crippen molar-refractivity contribution in [2.24, 2.45) is 0 Å².